The minimum absolute atomic E-state index is 0.541. The molecule has 0 radical (unpaired) electrons. The molecule has 1 saturated heterocycles. The van der Waals surface area contributed by atoms with Crippen LogP contribution in [0.3, 0.4) is 0 Å². The van der Waals surface area contributed by atoms with E-state index in [1.165, 1.54) is 0 Å². The van der Waals surface area contributed by atoms with E-state index in [0.717, 1.165) is 5.03 Å². The Morgan fingerprint density at radius 2 is 2.42 bits per heavy atom. The predicted molar refractivity (Wildman–Crippen MR) is 63.8 cm³/mol. The van der Waals surface area contributed by atoms with E-state index >= 15 is 0 Å². The molecule has 2 aliphatic rings. The highest BCUT2D eigenvalue weighted by atomic mass is 127. The lowest BCUT2D eigenvalue weighted by Gasteiger charge is -2.22. The van der Waals surface area contributed by atoms with Gasteiger partial charge in [0.25, 0.3) is 0 Å². The Hall–Kier alpha value is 0.810. The van der Waals surface area contributed by atoms with Gasteiger partial charge >= 0.3 is 0 Å². The van der Waals surface area contributed by atoms with Crippen molar-refractivity contribution in [3.05, 3.63) is 23.3 Å². The van der Waals surface area contributed by atoms with Gasteiger partial charge in [-0.25, -0.2) is 0 Å². The number of rotatable bonds is 0. The molecule has 1 heterocycles. The maximum Gasteiger partial charge on any atom is 0.109 e. The van der Waals surface area contributed by atoms with Gasteiger partial charge < -0.3 is 0 Å². The van der Waals surface area contributed by atoms with Crippen LogP contribution in [0.25, 0.3) is 0 Å². The largest absolute Gasteiger partial charge is 0.278 e. The minimum Gasteiger partial charge on any atom is -0.278 e. The Morgan fingerprint density at radius 1 is 1.67 bits per heavy atom. The van der Waals surface area contributed by atoms with Crippen molar-refractivity contribution < 1.29 is 0 Å². The van der Waals surface area contributed by atoms with Crippen molar-refractivity contribution in [3.63, 3.8) is 0 Å². The van der Waals surface area contributed by atoms with Crippen LogP contribution in [0, 0.1) is 0 Å². The van der Waals surface area contributed by atoms with Crippen LogP contribution in [0.2, 0.25) is 0 Å². The van der Waals surface area contributed by atoms with Crippen molar-refractivity contribution in [2.75, 3.05) is 7.05 Å². The number of allylic oxidation sites excluding steroid dienone is 2. The van der Waals surface area contributed by atoms with E-state index in [4.69, 9.17) is 11.6 Å². The molecule has 66 valence electrons. The van der Waals surface area contributed by atoms with E-state index in [2.05, 4.69) is 46.7 Å². The summed E-state index contributed by atoms with van der Waals surface area (Å²) in [5.74, 6) is 0. The zero-order valence-electron chi connectivity index (χ0n) is 6.58. The van der Waals surface area contributed by atoms with Crippen LogP contribution in [0.1, 0.15) is 0 Å². The van der Waals surface area contributed by atoms with Gasteiger partial charge in [0.2, 0.25) is 0 Å². The van der Waals surface area contributed by atoms with Crippen molar-refractivity contribution in [2.24, 2.45) is 0 Å². The molecule has 3 unspecified atom stereocenters. The Morgan fingerprint density at radius 3 is 3.17 bits per heavy atom. The molecule has 2 rings (SSSR count). The monoisotopic (exact) mass is 313 g/mol. The molecule has 3 atom stereocenters. The molecule has 0 bridgehead atoms. The number of thioether (sulfide) groups is 1. The summed E-state index contributed by atoms with van der Waals surface area (Å²) in [6.07, 6.45) is 6.33. The first-order chi connectivity index (χ1) is 5.68. The van der Waals surface area contributed by atoms with Gasteiger partial charge in [0.05, 0.1) is 0 Å². The van der Waals surface area contributed by atoms with E-state index in [-0.39, 0.29) is 0 Å². The van der Waals surface area contributed by atoms with Gasteiger partial charge in [-0.15, -0.1) is 11.8 Å². The summed E-state index contributed by atoms with van der Waals surface area (Å²) in [7, 11) is 2.16. The summed E-state index contributed by atoms with van der Waals surface area (Å²) in [6.45, 7) is 0. The normalized spacial score (nSPS) is 41.2. The van der Waals surface area contributed by atoms with Gasteiger partial charge in [-0.05, 0) is 13.1 Å². The summed E-state index contributed by atoms with van der Waals surface area (Å²) in [6, 6.07) is 0.541. The molecule has 0 amide bonds. The van der Waals surface area contributed by atoms with Gasteiger partial charge in [-0.1, -0.05) is 46.3 Å². The molecule has 1 nitrogen and oxygen atoms in total. The topological polar surface area (TPSA) is 3.24 Å². The van der Waals surface area contributed by atoms with Crippen molar-refractivity contribution in [1.82, 2.24) is 4.90 Å². The molecule has 1 fully saturated rings. The summed E-state index contributed by atoms with van der Waals surface area (Å²) >= 11 is 10.3. The number of nitrogens with zero attached hydrogens (tertiary/aromatic N) is 1. The molecule has 1 aliphatic heterocycles. The highest BCUT2D eigenvalue weighted by Crippen LogP contribution is 2.41. The van der Waals surface area contributed by atoms with E-state index in [0.29, 0.717) is 14.7 Å². The number of alkyl halides is 1. The molecule has 0 aromatic heterocycles. The van der Waals surface area contributed by atoms with Gasteiger partial charge in [0, 0.05) is 16.3 Å². The molecule has 0 aromatic rings. The summed E-state index contributed by atoms with van der Waals surface area (Å²) in [4.78, 5) is 2.37. The summed E-state index contributed by atoms with van der Waals surface area (Å²) < 4.78 is 0.570. The molecule has 4 heteroatoms. The third kappa shape index (κ3) is 1.56. The Kier molecular flexibility index (Phi) is 2.75. The lowest BCUT2D eigenvalue weighted by Crippen LogP contribution is -2.32. The van der Waals surface area contributed by atoms with Crippen LogP contribution >= 0.6 is 46.0 Å². The molecule has 0 saturated carbocycles. The van der Waals surface area contributed by atoms with Crippen LogP contribution in [-0.2, 0) is 0 Å². The first kappa shape index (κ1) is 9.37. The van der Waals surface area contributed by atoms with Crippen LogP contribution in [0.5, 0.6) is 0 Å². The summed E-state index contributed by atoms with van der Waals surface area (Å²) in [5.41, 5.74) is 0. The molecule has 12 heavy (non-hydrogen) atoms. The molecular weight excluding hydrogens is 305 g/mol. The Balaban J connectivity index is 2.22. The molecular formula is C8H9ClINS. The third-order valence-electron chi connectivity index (χ3n) is 2.17. The van der Waals surface area contributed by atoms with Gasteiger partial charge in [-0.2, -0.15) is 0 Å². The lowest BCUT2D eigenvalue weighted by atomic mass is 10.1. The second-order valence-corrected chi connectivity index (χ2v) is 6.68. The zero-order valence-corrected chi connectivity index (χ0v) is 10.3. The zero-order chi connectivity index (χ0) is 8.72. The maximum absolute atomic E-state index is 5.92. The summed E-state index contributed by atoms with van der Waals surface area (Å²) in [5, 5.41) is 1.43. The highest BCUT2D eigenvalue weighted by Gasteiger charge is 2.36. The van der Waals surface area contributed by atoms with Gasteiger partial charge in [-0.3, -0.25) is 4.90 Å². The number of likely N-dealkylation sites (N-methyl/N-ethyl adjacent to an activating group) is 1. The first-order valence-electron chi connectivity index (χ1n) is 3.75. The third-order valence-corrected chi connectivity index (χ3v) is 5.47. The first-order valence-corrected chi connectivity index (χ1v) is 6.32. The van der Waals surface area contributed by atoms with Crippen molar-refractivity contribution in [3.8, 4) is 0 Å². The number of hydrogen-bond acceptors (Lipinski definition) is 2. The van der Waals surface area contributed by atoms with Crippen LogP contribution in [-0.4, -0.2) is 26.6 Å². The maximum atomic E-state index is 5.92. The number of hydrogen-bond donors (Lipinski definition) is 0. The Labute approximate surface area is 95.4 Å². The standard InChI is InChI=1S/C8H9ClINS/c1-11-6-3-2-5(9)4-7(6)12-8(11)10/h2-4,6-8H,1H3. The Bertz CT molecular complexity index is 253. The average Bonchev–Trinajstić information content (AvgIpc) is 2.28. The molecule has 0 N–H and O–H groups in total. The lowest BCUT2D eigenvalue weighted by molar-refractivity contribution is 0.347. The van der Waals surface area contributed by atoms with E-state index in [1.54, 1.807) is 0 Å². The number of halogens is 2. The van der Waals surface area contributed by atoms with E-state index in [9.17, 15) is 0 Å². The second kappa shape index (κ2) is 3.52. The molecule has 0 aromatic carbocycles. The SMILES string of the molecule is CN1C(I)SC2C=C(Cl)C=CC21. The molecule has 0 spiro atoms. The quantitative estimate of drug-likeness (QED) is 0.384. The highest BCUT2D eigenvalue weighted by molar-refractivity contribution is 14.1. The van der Waals surface area contributed by atoms with Gasteiger partial charge in [0.1, 0.15) is 3.38 Å². The van der Waals surface area contributed by atoms with Crippen molar-refractivity contribution >= 4 is 46.0 Å². The number of fused-ring (bicyclic) bond motifs is 1. The van der Waals surface area contributed by atoms with Crippen LogP contribution in [0.15, 0.2) is 23.3 Å². The fraction of sp³-hybridized carbons (Fsp3) is 0.500. The average molecular weight is 314 g/mol. The minimum atomic E-state index is 0.541. The smallest absolute Gasteiger partial charge is 0.109 e. The molecule has 1 aliphatic carbocycles. The van der Waals surface area contributed by atoms with E-state index in [1.807, 2.05) is 17.8 Å². The van der Waals surface area contributed by atoms with Crippen molar-refractivity contribution in [1.29, 1.82) is 0 Å². The van der Waals surface area contributed by atoms with Gasteiger partial charge in [0.15, 0.2) is 0 Å². The fourth-order valence-electron chi connectivity index (χ4n) is 1.46. The van der Waals surface area contributed by atoms with E-state index < -0.39 is 0 Å². The van der Waals surface area contributed by atoms with Crippen molar-refractivity contribution in [2.45, 2.75) is 14.7 Å². The fourth-order valence-corrected chi connectivity index (χ4v) is 4.39. The second-order valence-electron chi connectivity index (χ2n) is 2.96. The van der Waals surface area contributed by atoms with Crippen LogP contribution < -0.4 is 0 Å². The van der Waals surface area contributed by atoms with Crippen LogP contribution in [0.4, 0.5) is 0 Å². The predicted octanol–water partition coefficient (Wildman–Crippen LogP) is 2.81.